The second kappa shape index (κ2) is 7.73. The Kier molecular flexibility index (Phi) is 5.60. The summed E-state index contributed by atoms with van der Waals surface area (Å²) in [7, 11) is -3.06. The number of rotatable bonds is 4. The summed E-state index contributed by atoms with van der Waals surface area (Å²) in [6, 6.07) is 1.41. The van der Waals surface area contributed by atoms with E-state index in [1.165, 1.54) is 12.4 Å². The van der Waals surface area contributed by atoms with Gasteiger partial charge in [-0.15, -0.1) is 0 Å². The number of nitrogens with zero attached hydrogens (tertiary/aromatic N) is 2. The SMILES string of the molecule is CCC1CCCCN1C(=O)c1cncc(C(=O)NC2CCS(=O)(=O)C2)c1. The standard InChI is InChI=1S/C18H25N3O4S/c1-2-16-5-3-4-7-21(16)18(23)14-9-13(10-19-11-14)17(22)20-15-6-8-26(24,25)12-15/h9-11,15-16H,2-8,12H2,1H3,(H,20,22). The second-order valence-corrected chi connectivity index (χ2v) is 9.32. The van der Waals surface area contributed by atoms with Gasteiger partial charge in [-0.2, -0.15) is 0 Å². The Balaban J connectivity index is 1.71. The normalized spacial score (nSPS) is 25.0. The summed E-state index contributed by atoms with van der Waals surface area (Å²) >= 11 is 0. The van der Waals surface area contributed by atoms with Gasteiger partial charge in [-0.3, -0.25) is 14.6 Å². The van der Waals surface area contributed by atoms with Gasteiger partial charge in [0.15, 0.2) is 9.84 Å². The van der Waals surface area contributed by atoms with Crippen LogP contribution in [-0.4, -0.2) is 60.3 Å². The quantitative estimate of drug-likeness (QED) is 0.853. The summed E-state index contributed by atoms with van der Waals surface area (Å²) in [5, 5.41) is 2.73. The Labute approximate surface area is 154 Å². The van der Waals surface area contributed by atoms with Gasteiger partial charge in [0, 0.05) is 31.0 Å². The number of piperidine rings is 1. The Morgan fingerprint density at radius 2 is 2.00 bits per heavy atom. The summed E-state index contributed by atoms with van der Waals surface area (Å²) in [6.07, 6.45) is 7.36. The fraction of sp³-hybridized carbons (Fsp3) is 0.611. The van der Waals surface area contributed by atoms with Crippen LogP contribution in [0.25, 0.3) is 0 Å². The first-order chi connectivity index (χ1) is 12.4. The molecule has 0 aliphatic carbocycles. The van der Waals surface area contributed by atoms with Gasteiger partial charge in [0.2, 0.25) is 0 Å². The fourth-order valence-electron chi connectivity index (χ4n) is 3.72. The van der Waals surface area contributed by atoms with E-state index in [4.69, 9.17) is 0 Å². The average molecular weight is 379 g/mol. The molecule has 2 amide bonds. The summed E-state index contributed by atoms with van der Waals surface area (Å²) in [6.45, 7) is 2.81. The molecule has 1 aromatic heterocycles. The molecule has 2 saturated heterocycles. The van der Waals surface area contributed by atoms with Crippen LogP contribution in [0.5, 0.6) is 0 Å². The lowest BCUT2D eigenvalue weighted by atomic mass is 9.99. The van der Waals surface area contributed by atoms with Crippen molar-refractivity contribution in [3.63, 3.8) is 0 Å². The van der Waals surface area contributed by atoms with Crippen molar-refractivity contribution in [3.05, 3.63) is 29.6 Å². The van der Waals surface area contributed by atoms with Crippen LogP contribution in [0.1, 0.15) is 59.7 Å². The number of pyridine rings is 1. The van der Waals surface area contributed by atoms with Crippen LogP contribution >= 0.6 is 0 Å². The smallest absolute Gasteiger partial charge is 0.255 e. The maximum Gasteiger partial charge on any atom is 0.255 e. The topological polar surface area (TPSA) is 96.4 Å². The Morgan fingerprint density at radius 1 is 1.23 bits per heavy atom. The summed E-state index contributed by atoms with van der Waals surface area (Å²) < 4.78 is 23.0. The van der Waals surface area contributed by atoms with E-state index < -0.39 is 9.84 Å². The van der Waals surface area contributed by atoms with Crippen LogP contribution in [0.3, 0.4) is 0 Å². The average Bonchev–Trinajstić information content (AvgIpc) is 2.99. The summed E-state index contributed by atoms with van der Waals surface area (Å²) in [5.41, 5.74) is 0.683. The predicted molar refractivity (Wildman–Crippen MR) is 97.7 cm³/mol. The van der Waals surface area contributed by atoms with Crippen molar-refractivity contribution in [2.45, 2.75) is 51.1 Å². The summed E-state index contributed by atoms with van der Waals surface area (Å²) in [4.78, 5) is 31.2. The Hall–Kier alpha value is -1.96. The van der Waals surface area contributed by atoms with Gasteiger partial charge in [0.1, 0.15) is 0 Å². The van der Waals surface area contributed by atoms with Crippen LogP contribution in [0.2, 0.25) is 0 Å². The Bertz CT molecular complexity index is 793. The first-order valence-corrected chi connectivity index (χ1v) is 11.0. The number of hydrogen-bond donors (Lipinski definition) is 1. The largest absolute Gasteiger partial charge is 0.348 e. The van der Waals surface area contributed by atoms with E-state index in [1.54, 1.807) is 6.07 Å². The third kappa shape index (κ3) is 4.23. The summed E-state index contributed by atoms with van der Waals surface area (Å²) in [5.74, 6) is -0.416. The maximum absolute atomic E-state index is 12.8. The molecular weight excluding hydrogens is 354 g/mol. The lowest BCUT2D eigenvalue weighted by Gasteiger charge is -2.35. The van der Waals surface area contributed by atoms with Crippen LogP contribution in [-0.2, 0) is 9.84 Å². The lowest BCUT2D eigenvalue weighted by molar-refractivity contribution is 0.0607. The number of sulfone groups is 1. The van der Waals surface area contributed by atoms with Crippen molar-refractivity contribution >= 4 is 21.7 Å². The number of carbonyl (C=O) groups is 2. The van der Waals surface area contributed by atoms with Crippen molar-refractivity contribution in [2.24, 2.45) is 0 Å². The van der Waals surface area contributed by atoms with Gasteiger partial charge in [0.05, 0.1) is 22.6 Å². The van der Waals surface area contributed by atoms with Gasteiger partial charge < -0.3 is 10.2 Å². The van der Waals surface area contributed by atoms with E-state index >= 15 is 0 Å². The molecule has 3 rings (SSSR count). The van der Waals surface area contributed by atoms with Gasteiger partial charge in [-0.25, -0.2) is 8.42 Å². The third-order valence-electron chi connectivity index (χ3n) is 5.17. The van der Waals surface area contributed by atoms with E-state index in [2.05, 4.69) is 17.2 Å². The molecule has 7 nitrogen and oxygen atoms in total. The molecule has 8 heteroatoms. The lowest BCUT2D eigenvalue weighted by Crippen LogP contribution is -2.43. The van der Waals surface area contributed by atoms with Crippen LogP contribution in [0.15, 0.2) is 18.5 Å². The molecule has 2 unspecified atom stereocenters. The third-order valence-corrected chi connectivity index (χ3v) is 6.94. The van der Waals surface area contributed by atoms with Crippen LogP contribution < -0.4 is 5.32 Å². The number of nitrogens with one attached hydrogen (secondary N) is 1. The molecule has 1 N–H and O–H groups in total. The first-order valence-electron chi connectivity index (χ1n) is 9.17. The minimum Gasteiger partial charge on any atom is -0.348 e. The molecule has 2 aliphatic heterocycles. The van der Waals surface area contributed by atoms with Crippen molar-refractivity contribution < 1.29 is 18.0 Å². The van der Waals surface area contributed by atoms with Crippen molar-refractivity contribution in [2.75, 3.05) is 18.1 Å². The van der Waals surface area contributed by atoms with Gasteiger partial charge in [-0.1, -0.05) is 6.92 Å². The van der Waals surface area contributed by atoms with E-state index in [-0.39, 0.29) is 41.0 Å². The van der Waals surface area contributed by atoms with Crippen molar-refractivity contribution in [1.29, 1.82) is 0 Å². The minimum atomic E-state index is -3.06. The zero-order chi connectivity index (χ0) is 18.7. The number of likely N-dealkylation sites (tertiary alicyclic amines) is 1. The predicted octanol–water partition coefficient (Wildman–Crippen LogP) is 1.40. The highest BCUT2D eigenvalue weighted by atomic mass is 32.2. The van der Waals surface area contributed by atoms with Gasteiger partial charge in [0.25, 0.3) is 11.8 Å². The van der Waals surface area contributed by atoms with E-state index in [1.807, 2.05) is 4.90 Å². The number of carbonyl (C=O) groups excluding carboxylic acids is 2. The van der Waals surface area contributed by atoms with Gasteiger partial charge in [-0.05, 0) is 38.2 Å². The minimum absolute atomic E-state index is 0.0310. The molecule has 0 spiro atoms. The molecule has 2 atom stereocenters. The van der Waals surface area contributed by atoms with Crippen molar-refractivity contribution in [1.82, 2.24) is 15.2 Å². The second-order valence-electron chi connectivity index (χ2n) is 7.09. The molecule has 0 saturated carbocycles. The first kappa shape index (κ1) is 18.8. The van der Waals surface area contributed by atoms with Gasteiger partial charge >= 0.3 is 0 Å². The maximum atomic E-state index is 12.8. The molecule has 0 aromatic carbocycles. The molecule has 3 heterocycles. The Morgan fingerprint density at radius 3 is 2.69 bits per heavy atom. The number of aromatic nitrogens is 1. The van der Waals surface area contributed by atoms with E-state index in [9.17, 15) is 18.0 Å². The zero-order valence-corrected chi connectivity index (χ0v) is 15.8. The highest BCUT2D eigenvalue weighted by Gasteiger charge is 2.30. The van der Waals surface area contributed by atoms with Crippen LogP contribution in [0.4, 0.5) is 0 Å². The van der Waals surface area contributed by atoms with E-state index in [0.29, 0.717) is 12.0 Å². The molecule has 142 valence electrons. The van der Waals surface area contributed by atoms with Crippen LogP contribution in [0, 0.1) is 0 Å². The molecule has 26 heavy (non-hydrogen) atoms. The number of amides is 2. The highest BCUT2D eigenvalue weighted by Crippen LogP contribution is 2.22. The van der Waals surface area contributed by atoms with Crippen molar-refractivity contribution in [3.8, 4) is 0 Å². The molecular formula is C18H25N3O4S. The molecule has 0 radical (unpaired) electrons. The number of hydrogen-bond acceptors (Lipinski definition) is 5. The van der Waals surface area contributed by atoms with E-state index in [0.717, 1.165) is 32.2 Å². The molecule has 1 aromatic rings. The molecule has 0 bridgehead atoms. The molecule has 2 fully saturated rings. The monoisotopic (exact) mass is 379 g/mol. The fourth-order valence-corrected chi connectivity index (χ4v) is 5.39. The highest BCUT2D eigenvalue weighted by molar-refractivity contribution is 7.91. The molecule has 2 aliphatic rings. The zero-order valence-electron chi connectivity index (χ0n) is 15.0.